The van der Waals surface area contributed by atoms with Gasteiger partial charge >= 0.3 is 0 Å². The zero-order valence-electron chi connectivity index (χ0n) is 9.42. The zero-order chi connectivity index (χ0) is 10.6. The first-order valence-corrected chi connectivity index (χ1v) is 5.43. The Bertz CT molecular complexity index is 227. The lowest BCUT2D eigenvalue weighted by atomic mass is 10.2. The van der Waals surface area contributed by atoms with Gasteiger partial charge in [0.25, 0.3) is 5.91 Å². The van der Waals surface area contributed by atoms with E-state index in [1.807, 2.05) is 6.92 Å². The Labute approximate surface area is 86.2 Å². The fraction of sp³-hybridized carbons (Fsp3) is 0.818. The molecule has 0 aromatic heterocycles. The largest absolute Gasteiger partial charge is 0.344 e. The van der Waals surface area contributed by atoms with Crippen molar-refractivity contribution in [3.63, 3.8) is 0 Å². The van der Waals surface area contributed by atoms with Crippen molar-refractivity contribution in [1.29, 1.82) is 0 Å². The van der Waals surface area contributed by atoms with E-state index in [1.54, 1.807) is 19.0 Å². The van der Waals surface area contributed by atoms with E-state index in [4.69, 9.17) is 0 Å². The van der Waals surface area contributed by atoms with Gasteiger partial charge < -0.3 is 4.90 Å². The molecule has 1 fully saturated rings. The van der Waals surface area contributed by atoms with Gasteiger partial charge in [0.05, 0.1) is 11.8 Å². The summed E-state index contributed by atoms with van der Waals surface area (Å²) in [5.41, 5.74) is 0.738. The minimum atomic E-state index is 0.0689. The fourth-order valence-corrected chi connectivity index (χ4v) is 1.81. The third kappa shape index (κ3) is 2.82. The Morgan fingerprint density at radius 2 is 1.93 bits per heavy atom. The van der Waals surface area contributed by atoms with E-state index >= 15 is 0 Å². The molecule has 0 aromatic rings. The van der Waals surface area contributed by atoms with Crippen LogP contribution in [0.15, 0.2) is 4.99 Å². The van der Waals surface area contributed by atoms with Gasteiger partial charge in [0, 0.05) is 14.1 Å². The molecule has 1 aliphatic rings. The van der Waals surface area contributed by atoms with E-state index in [0.29, 0.717) is 6.04 Å². The van der Waals surface area contributed by atoms with Crippen molar-refractivity contribution in [3.8, 4) is 0 Å². The molecule has 0 unspecified atom stereocenters. The van der Waals surface area contributed by atoms with Gasteiger partial charge in [0.15, 0.2) is 0 Å². The Morgan fingerprint density at radius 3 is 2.36 bits per heavy atom. The molecule has 1 saturated carbocycles. The highest BCUT2D eigenvalue weighted by Crippen LogP contribution is 2.21. The Hall–Kier alpha value is -0.860. The van der Waals surface area contributed by atoms with E-state index in [-0.39, 0.29) is 5.91 Å². The predicted octanol–water partition coefficient (Wildman–Crippen LogP) is 1.87. The molecule has 0 saturated heterocycles. The van der Waals surface area contributed by atoms with Gasteiger partial charge in [-0.2, -0.15) is 0 Å². The minimum absolute atomic E-state index is 0.0689. The predicted molar refractivity (Wildman–Crippen MR) is 58.7 cm³/mol. The van der Waals surface area contributed by atoms with Crippen LogP contribution in [0.4, 0.5) is 0 Å². The molecule has 0 spiro atoms. The van der Waals surface area contributed by atoms with Gasteiger partial charge in [0.1, 0.15) is 0 Å². The van der Waals surface area contributed by atoms with Crippen molar-refractivity contribution in [2.24, 2.45) is 4.99 Å². The molecule has 1 rings (SSSR count). The van der Waals surface area contributed by atoms with Crippen LogP contribution in [-0.2, 0) is 4.79 Å². The number of rotatable bonds is 3. The normalized spacial score (nSPS) is 18.6. The molecule has 14 heavy (non-hydrogen) atoms. The number of aliphatic imine (C=N–C) groups is 1. The number of carbonyl (C=O) groups is 1. The van der Waals surface area contributed by atoms with Crippen molar-refractivity contribution in [2.75, 3.05) is 14.1 Å². The molecule has 0 atom stereocenters. The first kappa shape index (κ1) is 11.2. The molecule has 0 radical (unpaired) electrons. The van der Waals surface area contributed by atoms with Gasteiger partial charge in [-0.05, 0) is 19.3 Å². The van der Waals surface area contributed by atoms with Crippen LogP contribution in [0, 0.1) is 0 Å². The van der Waals surface area contributed by atoms with Crippen LogP contribution in [0.25, 0.3) is 0 Å². The van der Waals surface area contributed by atoms with Crippen LogP contribution in [0.2, 0.25) is 0 Å². The molecule has 3 heteroatoms. The van der Waals surface area contributed by atoms with E-state index in [0.717, 1.165) is 25.0 Å². The van der Waals surface area contributed by atoms with Crippen molar-refractivity contribution >= 4 is 11.6 Å². The number of carbonyl (C=O) groups excluding carboxylic acids is 1. The third-order valence-electron chi connectivity index (χ3n) is 2.65. The molecule has 3 nitrogen and oxygen atoms in total. The highest BCUT2D eigenvalue weighted by Gasteiger charge is 2.17. The second kappa shape index (κ2) is 5.13. The van der Waals surface area contributed by atoms with Gasteiger partial charge in [-0.1, -0.05) is 19.8 Å². The maximum Gasteiger partial charge on any atom is 0.267 e. The standard InChI is InChI=1S/C11H20N2O/c1-4-10(11(14)13(2)3)12-9-7-5-6-8-9/h9H,4-8H2,1-3H3. The second-order valence-corrected chi connectivity index (χ2v) is 4.07. The van der Waals surface area contributed by atoms with Crippen LogP contribution in [0.1, 0.15) is 39.0 Å². The average Bonchev–Trinajstić information content (AvgIpc) is 2.65. The number of amides is 1. The Kier molecular flexibility index (Phi) is 4.11. The van der Waals surface area contributed by atoms with Gasteiger partial charge in [-0.3, -0.25) is 9.79 Å². The molecule has 0 N–H and O–H groups in total. The average molecular weight is 196 g/mol. The first-order valence-electron chi connectivity index (χ1n) is 5.43. The maximum atomic E-state index is 11.7. The lowest BCUT2D eigenvalue weighted by Crippen LogP contribution is -2.30. The molecule has 0 heterocycles. The lowest BCUT2D eigenvalue weighted by molar-refractivity contribution is -0.121. The third-order valence-corrected chi connectivity index (χ3v) is 2.65. The summed E-state index contributed by atoms with van der Waals surface area (Å²) in [4.78, 5) is 17.8. The van der Waals surface area contributed by atoms with Gasteiger partial charge in [0.2, 0.25) is 0 Å². The summed E-state index contributed by atoms with van der Waals surface area (Å²) in [6, 6.07) is 0.411. The number of nitrogens with zero attached hydrogens (tertiary/aromatic N) is 2. The summed E-state index contributed by atoms with van der Waals surface area (Å²) in [6.45, 7) is 2.00. The van der Waals surface area contributed by atoms with Crippen molar-refractivity contribution in [2.45, 2.75) is 45.1 Å². The first-order chi connectivity index (χ1) is 6.65. The topological polar surface area (TPSA) is 32.7 Å². The number of hydrogen-bond acceptors (Lipinski definition) is 2. The van der Waals surface area contributed by atoms with Crippen LogP contribution >= 0.6 is 0 Å². The SMILES string of the molecule is CCC(=NC1CCCC1)C(=O)N(C)C. The molecular formula is C11H20N2O. The summed E-state index contributed by atoms with van der Waals surface area (Å²) < 4.78 is 0. The van der Waals surface area contributed by atoms with Gasteiger partial charge in [-0.15, -0.1) is 0 Å². The van der Waals surface area contributed by atoms with Crippen molar-refractivity contribution in [1.82, 2.24) is 4.90 Å². The molecule has 0 aromatic carbocycles. The molecule has 80 valence electrons. The van der Waals surface area contributed by atoms with E-state index in [1.165, 1.54) is 12.8 Å². The number of hydrogen-bond donors (Lipinski definition) is 0. The monoisotopic (exact) mass is 196 g/mol. The van der Waals surface area contributed by atoms with Crippen LogP contribution in [0.3, 0.4) is 0 Å². The minimum Gasteiger partial charge on any atom is -0.344 e. The summed E-state index contributed by atoms with van der Waals surface area (Å²) in [5.74, 6) is 0.0689. The Balaban J connectivity index is 2.64. The lowest BCUT2D eigenvalue weighted by Gasteiger charge is -2.13. The highest BCUT2D eigenvalue weighted by atomic mass is 16.2. The quantitative estimate of drug-likeness (QED) is 0.634. The van der Waals surface area contributed by atoms with Gasteiger partial charge in [-0.25, -0.2) is 0 Å². The maximum absolute atomic E-state index is 11.7. The summed E-state index contributed by atoms with van der Waals surface area (Å²) >= 11 is 0. The van der Waals surface area contributed by atoms with Crippen LogP contribution in [-0.4, -0.2) is 36.7 Å². The van der Waals surface area contributed by atoms with E-state index < -0.39 is 0 Å². The molecule has 0 aliphatic heterocycles. The molecule has 1 amide bonds. The van der Waals surface area contributed by atoms with Crippen LogP contribution < -0.4 is 0 Å². The zero-order valence-corrected chi connectivity index (χ0v) is 9.42. The molecule has 1 aliphatic carbocycles. The summed E-state index contributed by atoms with van der Waals surface area (Å²) in [5, 5.41) is 0. The summed E-state index contributed by atoms with van der Waals surface area (Å²) in [6.07, 6.45) is 5.59. The summed E-state index contributed by atoms with van der Waals surface area (Å²) in [7, 11) is 3.56. The van der Waals surface area contributed by atoms with Crippen molar-refractivity contribution < 1.29 is 4.79 Å². The smallest absolute Gasteiger partial charge is 0.267 e. The highest BCUT2D eigenvalue weighted by molar-refractivity contribution is 6.38. The van der Waals surface area contributed by atoms with Crippen LogP contribution in [0.5, 0.6) is 0 Å². The second-order valence-electron chi connectivity index (χ2n) is 4.07. The fourth-order valence-electron chi connectivity index (χ4n) is 1.81. The van der Waals surface area contributed by atoms with Crippen molar-refractivity contribution in [3.05, 3.63) is 0 Å². The Morgan fingerprint density at radius 1 is 1.36 bits per heavy atom. The van der Waals surface area contributed by atoms with E-state index in [2.05, 4.69) is 4.99 Å². The van der Waals surface area contributed by atoms with E-state index in [9.17, 15) is 4.79 Å². The molecule has 0 bridgehead atoms. The molecular weight excluding hydrogens is 176 g/mol.